The topological polar surface area (TPSA) is 51.6 Å². The highest BCUT2D eigenvalue weighted by molar-refractivity contribution is 5.16. The minimum atomic E-state index is 0.467. The summed E-state index contributed by atoms with van der Waals surface area (Å²) in [5.41, 5.74) is 6.77. The Bertz CT molecular complexity index is 334. The summed E-state index contributed by atoms with van der Waals surface area (Å²) in [5.74, 6) is 1.73. The van der Waals surface area contributed by atoms with Crippen molar-refractivity contribution in [1.82, 2.24) is 4.90 Å². The highest BCUT2D eigenvalue weighted by Crippen LogP contribution is 2.28. The Kier molecular flexibility index (Phi) is 4.59. The minimum absolute atomic E-state index is 0.467. The second-order valence-electron chi connectivity index (χ2n) is 4.83. The highest BCUT2D eigenvalue weighted by Gasteiger charge is 2.20. The third-order valence-electron chi connectivity index (χ3n) is 3.13. The van der Waals surface area contributed by atoms with E-state index >= 15 is 0 Å². The van der Waals surface area contributed by atoms with Gasteiger partial charge in [-0.2, -0.15) is 0 Å². The van der Waals surface area contributed by atoms with Gasteiger partial charge in [0.25, 0.3) is 0 Å². The first-order chi connectivity index (χ1) is 8.29. The first-order valence-electron chi connectivity index (χ1n) is 6.31. The zero-order chi connectivity index (χ0) is 12.1. The number of ether oxygens (including phenoxy) is 1. The van der Waals surface area contributed by atoms with E-state index in [0.717, 1.165) is 38.0 Å². The SMILES string of the molecule is CN(CCOCC1CC1)Cc1ccoc1CN. The van der Waals surface area contributed by atoms with Crippen LogP contribution in [-0.4, -0.2) is 31.7 Å². The molecule has 0 saturated heterocycles. The fourth-order valence-electron chi connectivity index (χ4n) is 1.81. The summed E-state index contributed by atoms with van der Waals surface area (Å²) >= 11 is 0. The Balaban J connectivity index is 1.63. The molecule has 1 aromatic heterocycles. The lowest BCUT2D eigenvalue weighted by Crippen LogP contribution is -2.23. The lowest BCUT2D eigenvalue weighted by atomic mass is 10.2. The van der Waals surface area contributed by atoms with Crippen molar-refractivity contribution in [2.24, 2.45) is 11.7 Å². The zero-order valence-electron chi connectivity index (χ0n) is 10.5. The number of rotatable bonds is 8. The van der Waals surface area contributed by atoms with Gasteiger partial charge >= 0.3 is 0 Å². The van der Waals surface area contributed by atoms with Crippen molar-refractivity contribution in [2.45, 2.75) is 25.9 Å². The standard InChI is InChI=1S/C13H22N2O2/c1-15(5-7-16-10-11-2-3-11)9-12-4-6-17-13(12)8-14/h4,6,11H,2-3,5,7-10,14H2,1H3. The fraction of sp³-hybridized carbons (Fsp3) is 0.692. The van der Waals surface area contributed by atoms with Crippen molar-refractivity contribution in [3.8, 4) is 0 Å². The summed E-state index contributed by atoms with van der Waals surface area (Å²) in [5, 5.41) is 0. The second kappa shape index (κ2) is 6.19. The largest absolute Gasteiger partial charge is 0.468 e. The van der Waals surface area contributed by atoms with Gasteiger partial charge in [0.15, 0.2) is 0 Å². The molecule has 0 aliphatic heterocycles. The monoisotopic (exact) mass is 238 g/mol. The van der Waals surface area contributed by atoms with Gasteiger partial charge < -0.3 is 14.9 Å². The van der Waals surface area contributed by atoms with Gasteiger partial charge in [0.05, 0.1) is 19.4 Å². The average Bonchev–Trinajstić information content (AvgIpc) is 3.04. The van der Waals surface area contributed by atoms with Crippen LogP contribution in [0.1, 0.15) is 24.2 Å². The van der Waals surface area contributed by atoms with Gasteiger partial charge in [0.2, 0.25) is 0 Å². The summed E-state index contributed by atoms with van der Waals surface area (Å²) in [4.78, 5) is 2.23. The third-order valence-corrected chi connectivity index (χ3v) is 3.13. The van der Waals surface area contributed by atoms with Crippen LogP contribution in [0, 0.1) is 5.92 Å². The van der Waals surface area contributed by atoms with Crippen LogP contribution in [0.4, 0.5) is 0 Å². The molecule has 1 saturated carbocycles. The number of hydrogen-bond acceptors (Lipinski definition) is 4. The van der Waals surface area contributed by atoms with E-state index < -0.39 is 0 Å². The van der Waals surface area contributed by atoms with E-state index in [1.165, 1.54) is 18.4 Å². The molecule has 96 valence electrons. The van der Waals surface area contributed by atoms with Crippen molar-refractivity contribution in [1.29, 1.82) is 0 Å². The number of furan rings is 1. The van der Waals surface area contributed by atoms with Gasteiger partial charge in [0.1, 0.15) is 5.76 Å². The second-order valence-corrected chi connectivity index (χ2v) is 4.83. The van der Waals surface area contributed by atoms with Gasteiger partial charge in [-0.05, 0) is 31.9 Å². The van der Waals surface area contributed by atoms with E-state index in [9.17, 15) is 0 Å². The minimum Gasteiger partial charge on any atom is -0.468 e. The molecular formula is C13H22N2O2. The molecule has 0 amide bonds. The van der Waals surface area contributed by atoms with Gasteiger partial charge in [-0.15, -0.1) is 0 Å². The molecule has 1 aliphatic carbocycles. The molecule has 17 heavy (non-hydrogen) atoms. The van der Waals surface area contributed by atoms with Gasteiger partial charge in [0, 0.05) is 25.3 Å². The molecule has 1 aliphatic rings. The molecule has 4 heteroatoms. The number of likely N-dealkylation sites (N-methyl/N-ethyl adjacent to an activating group) is 1. The molecule has 0 radical (unpaired) electrons. The Morgan fingerprint density at radius 3 is 3.06 bits per heavy atom. The third kappa shape index (κ3) is 4.15. The first-order valence-corrected chi connectivity index (χ1v) is 6.31. The van der Waals surface area contributed by atoms with Crippen LogP contribution >= 0.6 is 0 Å². The van der Waals surface area contributed by atoms with Crippen molar-refractivity contribution < 1.29 is 9.15 Å². The maximum atomic E-state index is 5.61. The number of nitrogens with two attached hydrogens (primary N) is 1. The number of hydrogen-bond donors (Lipinski definition) is 1. The molecule has 2 N–H and O–H groups in total. The van der Waals surface area contributed by atoms with E-state index in [-0.39, 0.29) is 0 Å². The molecule has 0 spiro atoms. The Hall–Kier alpha value is -0.840. The first kappa shape index (κ1) is 12.6. The van der Waals surface area contributed by atoms with E-state index in [4.69, 9.17) is 14.9 Å². The molecule has 1 fully saturated rings. The van der Waals surface area contributed by atoms with Crippen molar-refractivity contribution in [2.75, 3.05) is 26.8 Å². The lowest BCUT2D eigenvalue weighted by molar-refractivity contribution is 0.102. The molecule has 0 bridgehead atoms. The van der Waals surface area contributed by atoms with Crippen molar-refractivity contribution >= 4 is 0 Å². The van der Waals surface area contributed by atoms with Crippen LogP contribution < -0.4 is 5.73 Å². The van der Waals surface area contributed by atoms with E-state index in [2.05, 4.69) is 11.9 Å². The van der Waals surface area contributed by atoms with Crippen LogP contribution in [0.3, 0.4) is 0 Å². The van der Waals surface area contributed by atoms with Gasteiger partial charge in [-0.25, -0.2) is 0 Å². The Morgan fingerprint density at radius 1 is 1.53 bits per heavy atom. The zero-order valence-corrected chi connectivity index (χ0v) is 10.5. The lowest BCUT2D eigenvalue weighted by Gasteiger charge is -2.16. The molecule has 2 rings (SSSR count). The predicted octanol–water partition coefficient (Wildman–Crippen LogP) is 1.60. The molecule has 4 nitrogen and oxygen atoms in total. The summed E-state index contributed by atoms with van der Waals surface area (Å²) in [7, 11) is 2.09. The Labute approximate surface area is 103 Å². The molecule has 0 atom stereocenters. The van der Waals surface area contributed by atoms with E-state index in [0.29, 0.717) is 6.54 Å². The fourth-order valence-corrected chi connectivity index (χ4v) is 1.81. The van der Waals surface area contributed by atoms with Crippen LogP contribution in [-0.2, 0) is 17.8 Å². The summed E-state index contributed by atoms with van der Waals surface area (Å²) < 4.78 is 10.9. The van der Waals surface area contributed by atoms with Gasteiger partial charge in [-0.3, -0.25) is 4.90 Å². The predicted molar refractivity (Wildman–Crippen MR) is 66.5 cm³/mol. The summed E-state index contributed by atoms with van der Waals surface area (Å²) in [6.07, 6.45) is 4.41. The quantitative estimate of drug-likeness (QED) is 0.699. The van der Waals surface area contributed by atoms with Crippen LogP contribution in [0.25, 0.3) is 0 Å². The smallest absolute Gasteiger partial charge is 0.121 e. The summed E-state index contributed by atoms with van der Waals surface area (Å²) in [6, 6.07) is 1.99. The van der Waals surface area contributed by atoms with Gasteiger partial charge in [-0.1, -0.05) is 0 Å². The maximum absolute atomic E-state index is 5.61. The molecule has 1 heterocycles. The number of nitrogens with zero attached hydrogens (tertiary/aromatic N) is 1. The Morgan fingerprint density at radius 2 is 2.35 bits per heavy atom. The van der Waals surface area contributed by atoms with Crippen LogP contribution in [0.2, 0.25) is 0 Å². The maximum Gasteiger partial charge on any atom is 0.121 e. The highest BCUT2D eigenvalue weighted by atomic mass is 16.5. The molecule has 1 aromatic rings. The van der Waals surface area contributed by atoms with Crippen LogP contribution in [0.5, 0.6) is 0 Å². The van der Waals surface area contributed by atoms with Crippen molar-refractivity contribution in [3.05, 3.63) is 23.7 Å². The summed E-state index contributed by atoms with van der Waals surface area (Å²) in [6.45, 7) is 4.03. The van der Waals surface area contributed by atoms with Crippen LogP contribution in [0.15, 0.2) is 16.7 Å². The van der Waals surface area contributed by atoms with E-state index in [1.807, 2.05) is 6.07 Å². The average molecular weight is 238 g/mol. The van der Waals surface area contributed by atoms with E-state index in [1.54, 1.807) is 6.26 Å². The molecular weight excluding hydrogens is 216 g/mol. The normalized spacial score (nSPS) is 15.7. The van der Waals surface area contributed by atoms with Crippen molar-refractivity contribution in [3.63, 3.8) is 0 Å². The molecule has 0 unspecified atom stereocenters. The molecule has 0 aromatic carbocycles.